The highest BCUT2D eigenvalue weighted by atomic mass is 16.1. The molecule has 1 unspecified atom stereocenters. The van der Waals surface area contributed by atoms with Crippen molar-refractivity contribution in [3.05, 3.63) is 41.9 Å². The van der Waals surface area contributed by atoms with Crippen LogP contribution in [0.2, 0.25) is 0 Å². The van der Waals surface area contributed by atoms with Crippen LogP contribution in [0.3, 0.4) is 0 Å². The molecule has 116 valence electrons. The fraction of sp³-hybridized carbons (Fsp3) is 0.438. The lowest BCUT2D eigenvalue weighted by atomic mass is 10.1. The summed E-state index contributed by atoms with van der Waals surface area (Å²) in [5.74, 6) is 1.15. The maximum absolute atomic E-state index is 12.5. The Kier molecular flexibility index (Phi) is 4.20. The van der Waals surface area contributed by atoms with E-state index >= 15 is 0 Å². The second kappa shape index (κ2) is 6.27. The number of nitrogens with zero attached hydrogens (tertiary/aromatic N) is 3. The minimum atomic E-state index is -0.0959. The fourth-order valence-electron chi connectivity index (χ4n) is 2.69. The van der Waals surface area contributed by atoms with Crippen LogP contribution in [0.25, 0.3) is 5.82 Å². The minimum Gasteiger partial charge on any atom is -0.348 e. The topological polar surface area (TPSA) is 85.8 Å². The molecule has 1 saturated carbocycles. The van der Waals surface area contributed by atoms with Gasteiger partial charge in [0.25, 0.3) is 5.91 Å². The summed E-state index contributed by atoms with van der Waals surface area (Å²) >= 11 is 0. The second-order valence-corrected chi connectivity index (χ2v) is 5.61. The van der Waals surface area contributed by atoms with Gasteiger partial charge in [-0.05, 0) is 37.3 Å². The van der Waals surface area contributed by atoms with Crippen LogP contribution in [0, 0.1) is 5.92 Å². The Morgan fingerprint density at radius 1 is 1.50 bits per heavy atom. The number of carbonyl (C=O) groups is 1. The summed E-state index contributed by atoms with van der Waals surface area (Å²) in [4.78, 5) is 16.8. The Hall–Kier alpha value is -2.21. The van der Waals surface area contributed by atoms with Gasteiger partial charge in [-0.1, -0.05) is 13.0 Å². The summed E-state index contributed by atoms with van der Waals surface area (Å²) in [6.45, 7) is 2.49. The zero-order chi connectivity index (χ0) is 15.5. The Morgan fingerprint density at radius 2 is 2.32 bits per heavy atom. The molecule has 2 aromatic rings. The minimum absolute atomic E-state index is 0.0652. The highest BCUT2D eigenvalue weighted by Crippen LogP contribution is 2.32. The molecule has 1 fully saturated rings. The largest absolute Gasteiger partial charge is 0.348 e. The standard InChI is InChI=1S/C16H21N5O/c1-2-14-12(16(22)20-13(9-17)11-6-7-11)10-19-21(14)15-5-3-4-8-18-15/h3-5,8,10-11,13H,2,6-7,9,17H2,1H3,(H,20,22). The van der Waals surface area contributed by atoms with Gasteiger partial charge in [0.2, 0.25) is 0 Å². The van der Waals surface area contributed by atoms with E-state index < -0.39 is 0 Å². The number of hydrogen-bond donors (Lipinski definition) is 2. The molecule has 0 aromatic carbocycles. The number of aromatic nitrogens is 3. The van der Waals surface area contributed by atoms with Crippen molar-refractivity contribution in [2.45, 2.75) is 32.2 Å². The first-order valence-electron chi connectivity index (χ1n) is 7.73. The number of nitrogens with one attached hydrogen (secondary N) is 1. The summed E-state index contributed by atoms with van der Waals surface area (Å²) in [7, 11) is 0. The van der Waals surface area contributed by atoms with Crippen molar-refractivity contribution >= 4 is 5.91 Å². The third kappa shape index (κ3) is 2.87. The Bertz CT molecular complexity index is 648. The van der Waals surface area contributed by atoms with Crippen LogP contribution in [0.4, 0.5) is 0 Å². The maximum atomic E-state index is 12.5. The molecule has 0 radical (unpaired) electrons. The lowest BCUT2D eigenvalue weighted by molar-refractivity contribution is 0.0932. The summed E-state index contributed by atoms with van der Waals surface area (Å²) < 4.78 is 1.73. The van der Waals surface area contributed by atoms with Gasteiger partial charge in [0.1, 0.15) is 0 Å². The summed E-state index contributed by atoms with van der Waals surface area (Å²) in [5, 5.41) is 7.38. The number of carbonyl (C=O) groups excluding carboxylic acids is 1. The first kappa shape index (κ1) is 14.7. The molecule has 2 heterocycles. The van der Waals surface area contributed by atoms with Crippen molar-refractivity contribution in [1.29, 1.82) is 0 Å². The smallest absolute Gasteiger partial charge is 0.255 e. The molecule has 0 aliphatic heterocycles. The Morgan fingerprint density at radius 3 is 2.91 bits per heavy atom. The van der Waals surface area contributed by atoms with Crippen LogP contribution in [0.1, 0.15) is 35.8 Å². The SMILES string of the molecule is CCc1c(C(=O)NC(CN)C2CC2)cnn1-c1ccccn1. The molecule has 22 heavy (non-hydrogen) atoms. The van der Waals surface area contributed by atoms with Gasteiger partial charge in [-0.25, -0.2) is 9.67 Å². The molecule has 1 aliphatic carbocycles. The lowest BCUT2D eigenvalue weighted by Gasteiger charge is -2.16. The van der Waals surface area contributed by atoms with E-state index in [1.807, 2.05) is 25.1 Å². The van der Waals surface area contributed by atoms with Crippen molar-refractivity contribution in [2.75, 3.05) is 6.54 Å². The van der Waals surface area contributed by atoms with Crippen LogP contribution >= 0.6 is 0 Å². The molecule has 6 heteroatoms. The highest BCUT2D eigenvalue weighted by molar-refractivity contribution is 5.95. The third-order valence-corrected chi connectivity index (χ3v) is 4.08. The molecule has 6 nitrogen and oxygen atoms in total. The number of rotatable bonds is 6. The van der Waals surface area contributed by atoms with E-state index in [1.54, 1.807) is 17.1 Å². The highest BCUT2D eigenvalue weighted by Gasteiger charge is 2.32. The normalized spacial score (nSPS) is 15.5. The number of pyridine rings is 1. The quantitative estimate of drug-likeness (QED) is 0.842. The van der Waals surface area contributed by atoms with Crippen LogP contribution in [-0.2, 0) is 6.42 Å². The third-order valence-electron chi connectivity index (χ3n) is 4.08. The zero-order valence-electron chi connectivity index (χ0n) is 12.7. The van der Waals surface area contributed by atoms with Gasteiger partial charge in [-0.3, -0.25) is 4.79 Å². The zero-order valence-corrected chi connectivity index (χ0v) is 12.7. The van der Waals surface area contributed by atoms with E-state index in [0.29, 0.717) is 24.4 Å². The first-order chi connectivity index (χ1) is 10.7. The van der Waals surface area contributed by atoms with Crippen molar-refractivity contribution < 1.29 is 4.79 Å². The average Bonchev–Trinajstić information content (AvgIpc) is 3.31. The van der Waals surface area contributed by atoms with Crippen molar-refractivity contribution in [1.82, 2.24) is 20.1 Å². The molecular weight excluding hydrogens is 278 g/mol. The lowest BCUT2D eigenvalue weighted by Crippen LogP contribution is -2.41. The monoisotopic (exact) mass is 299 g/mol. The van der Waals surface area contributed by atoms with Crippen LogP contribution in [-0.4, -0.2) is 33.3 Å². The fourth-order valence-corrected chi connectivity index (χ4v) is 2.69. The predicted molar refractivity (Wildman–Crippen MR) is 83.8 cm³/mol. The van der Waals surface area contributed by atoms with E-state index in [1.165, 1.54) is 0 Å². The van der Waals surface area contributed by atoms with Crippen molar-refractivity contribution in [3.8, 4) is 5.82 Å². The van der Waals surface area contributed by atoms with Gasteiger partial charge in [0.05, 0.1) is 17.5 Å². The summed E-state index contributed by atoms with van der Waals surface area (Å²) in [6, 6.07) is 5.70. The summed E-state index contributed by atoms with van der Waals surface area (Å²) in [5.41, 5.74) is 7.23. The number of nitrogens with two attached hydrogens (primary N) is 1. The average molecular weight is 299 g/mol. The van der Waals surface area contributed by atoms with Crippen LogP contribution in [0.5, 0.6) is 0 Å². The molecule has 0 spiro atoms. The van der Waals surface area contributed by atoms with Gasteiger partial charge in [0.15, 0.2) is 5.82 Å². The van der Waals surface area contributed by atoms with Gasteiger partial charge in [0, 0.05) is 18.8 Å². The van der Waals surface area contributed by atoms with Gasteiger partial charge in [-0.2, -0.15) is 5.10 Å². The Labute approximate surface area is 129 Å². The van der Waals surface area contributed by atoms with Gasteiger partial charge < -0.3 is 11.1 Å². The molecule has 1 aliphatic rings. The molecule has 1 atom stereocenters. The van der Waals surface area contributed by atoms with E-state index in [4.69, 9.17) is 5.73 Å². The van der Waals surface area contributed by atoms with Gasteiger partial charge in [-0.15, -0.1) is 0 Å². The Balaban J connectivity index is 1.84. The van der Waals surface area contributed by atoms with E-state index in [9.17, 15) is 4.79 Å². The molecular formula is C16H21N5O. The number of amides is 1. The van der Waals surface area contributed by atoms with Gasteiger partial charge >= 0.3 is 0 Å². The molecule has 1 amide bonds. The molecule has 0 bridgehead atoms. The molecule has 2 aromatic heterocycles. The van der Waals surface area contributed by atoms with E-state index in [2.05, 4.69) is 15.4 Å². The molecule has 3 rings (SSSR count). The maximum Gasteiger partial charge on any atom is 0.255 e. The van der Waals surface area contributed by atoms with Crippen molar-refractivity contribution in [3.63, 3.8) is 0 Å². The van der Waals surface area contributed by atoms with Crippen molar-refractivity contribution in [2.24, 2.45) is 11.7 Å². The van der Waals surface area contributed by atoms with E-state index in [0.717, 1.165) is 24.4 Å². The summed E-state index contributed by atoms with van der Waals surface area (Å²) in [6.07, 6.45) is 6.33. The molecule has 0 saturated heterocycles. The second-order valence-electron chi connectivity index (χ2n) is 5.61. The number of hydrogen-bond acceptors (Lipinski definition) is 4. The molecule has 3 N–H and O–H groups in total. The van der Waals surface area contributed by atoms with Crippen LogP contribution in [0.15, 0.2) is 30.6 Å². The first-order valence-corrected chi connectivity index (χ1v) is 7.73. The van der Waals surface area contributed by atoms with E-state index in [-0.39, 0.29) is 11.9 Å². The predicted octanol–water partition coefficient (Wildman–Crippen LogP) is 1.30. The van der Waals surface area contributed by atoms with Crippen LogP contribution < -0.4 is 11.1 Å².